The molecule has 1 aromatic heterocycles. The third-order valence-electron chi connectivity index (χ3n) is 5.97. The van der Waals surface area contributed by atoms with Gasteiger partial charge in [0.1, 0.15) is 0 Å². The molecule has 3 atom stereocenters. The molecule has 0 aliphatic heterocycles. The normalized spacial score (nSPS) is 29.4. The lowest BCUT2D eigenvalue weighted by molar-refractivity contribution is 0.416. The third-order valence-corrected chi connectivity index (χ3v) is 5.97. The Hall–Kier alpha value is -0.830. The molecule has 1 heterocycles. The number of hydrogen-bond acceptors (Lipinski definition) is 2. The lowest BCUT2D eigenvalue weighted by Crippen LogP contribution is -2.31. The van der Waals surface area contributed by atoms with Gasteiger partial charge < -0.3 is 5.32 Å². The first-order valence-corrected chi connectivity index (χ1v) is 8.99. The van der Waals surface area contributed by atoms with Gasteiger partial charge in [0.15, 0.2) is 0 Å². The standard InChI is InChI=1S/C18H31N3/c1-4-14(5-2)21-11-10-13(20-21)12-17(19-3)18-15-8-6-7-9-16(15)18/h10-11,14-19H,4-9,12H2,1-3H3. The molecule has 1 N–H and O–H groups in total. The van der Waals surface area contributed by atoms with E-state index in [9.17, 15) is 0 Å². The van der Waals surface area contributed by atoms with Crippen LogP contribution in [0.4, 0.5) is 0 Å². The number of nitrogens with zero attached hydrogens (tertiary/aromatic N) is 2. The van der Waals surface area contributed by atoms with E-state index in [1.54, 1.807) is 0 Å². The summed E-state index contributed by atoms with van der Waals surface area (Å²) < 4.78 is 2.18. The van der Waals surface area contributed by atoms with Crippen molar-refractivity contribution in [3.8, 4) is 0 Å². The van der Waals surface area contributed by atoms with Crippen molar-refractivity contribution >= 4 is 0 Å². The Morgan fingerprint density at radius 1 is 1.24 bits per heavy atom. The van der Waals surface area contributed by atoms with Crippen molar-refractivity contribution in [2.75, 3.05) is 7.05 Å². The predicted molar refractivity (Wildman–Crippen MR) is 87.3 cm³/mol. The highest BCUT2D eigenvalue weighted by atomic mass is 15.3. The zero-order valence-electron chi connectivity index (χ0n) is 13.9. The summed E-state index contributed by atoms with van der Waals surface area (Å²) in [6.45, 7) is 4.50. The summed E-state index contributed by atoms with van der Waals surface area (Å²) in [5.74, 6) is 2.94. The molecule has 21 heavy (non-hydrogen) atoms. The van der Waals surface area contributed by atoms with E-state index < -0.39 is 0 Å². The second-order valence-corrected chi connectivity index (χ2v) is 7.05. The monoisotopic (exact) mass is 289 g/mol. The third kappa shape index (κ3) is 3.03. The van der Waals surface area contributed by atoms with Gasteiger partial charge in [-0.25, -0.2) is 0 Å². The van der Waals surface area contributed by atoms with Gasteiger partial charge in [0.25, 0.3) is 0 Å². The van der Waals surface area contributed by atoms with Crippen LogP contribution >= 0.6 is 0 Å². The molecule has 3 unspecified atom stereocenters. The molecule has 0 spiro atoms. The summed E-state index contributed by atoms with van der Waals surface area (Å²) in [5.41, 5.74) is 1.27. The average molecular weight is 289 g/mol. The van der Waals surface area contributed by atoms with E-state index in [1.165, 1.54) is 44.2 Å². The highest BCUT2D eigenvalue weighted by Gasteiger charge is 2.53. The topological polar surface area (TPSA) is 29.9 Å². The smallest absolute Gasteiger partial charge is 0.0640 e. The fraction of sp³-hybridized carbons (Fsp3) is 0.833. The molecule has 0 saturated heterocycles. The van der Waals surface area contributed by atoms with Crippen molar-refractivity contribution in [2.24, 2.45) is 17.8 Å². The van der Waals surface area contributed by atoms with Crippen LogP contribution in [0.1, 0.15) is 64.1 Å². The molecular weight excluding hydrogens is 258 g/mol. The summed E-state index contributed by atoms with van der Waals surface area (Å²) in [5, 5.41) is 8.43. The van der Waals surface area contributed by atoms with Gasteiger partial charge in [-0.2, -0.15) is 5.10 Å². The first-order chi connectivity index (χ1) is 10.3. The average Bonchev–Trinajstić information content (AvgIpc) is 3.07. The van der Waals surface area contributed by atoms with E-state index in [2.05, 4.69) is 43.2 Å². The first-order valence-electron chi connectivity index (χ1n) is 8.99. The number of hydrogen-bond donors (Lipinski definition) is 1. The fourth-order valence-electron chi connectivity index (χ4n) is 4.65. The maximum absolute atomic E-state index is 4.84. The number of fused-ring (bicyclic) bond motifs is 1. The Morgan fingerprint density at radius 3 is 2.48 bits per heavy atom. The van der Waals surface area contributed by atoms with Gasteiger partial charge >= 0.3 is 0 Å². The van der Waals surface area contributed by atoms with Crippen molar-refractivity contribution in [3.05, 3.63) is 18.0 Å². The molecule has 2 saturated carbocycles. The maximum Gasteiger partial charge on any atom is 0.0640 e. The van der Waals surface area contributed by atoms with Crippen LogP contribution in [-0.4, -0.2) is 22.9 Å². The minimum atomic E-state index is 0.565. The zero-order chi connectivity index (χ0) is 14.8. The molecule has 0 amide bonds. The molecule has 3 nitrogen and oxygen atoms in total. The fourth-order valence-corrected chi connectivity index (χ4v) is 4.65. The Kier molecular flexibility index (Phi) is 4.68. The minimum absolute atomic E-state index is 0.565. The Balaban J connectivity index is 1.62. The van der Waals surface area contributed by atoms with Crippen LogP contribution < -0.4 is 5.32 Å². The van der Waals surface area contributed by atoms with Gasteiger partial charge in [0.2, 0.25) is 0 Å². The largest absolute Gasteiger partial charge is 0.316 e. The predicted octanol–water partition coefficient (Wildman–Crippen LogP) is 3.81. The van der Waals surface area contributed by atoms with E-state index in [0.717, 1.165) is 24.2 Å². The number of aromatic nitrogens is 2. The van der Waals surface area contributed by atoms with Crippen LogP contribution in [0.3, 0.4) is 0 Å². The van der Waals surface area contributed by atoms with Crippen LogP contribution in [0.25, 0.3) is 0 Å². The quantitative estimate of drug-likeness (QED) is 0.827. The van der Waals surface area contributed by atoms with Gasteiger partial charge in [0.05, 0.1) is 11.7 Å². The van der Waals surface area contributed by atoms with E-state index in [4.69, 9.17) is 5.10 Å². The molecule has 118 valence electrons. The maximum atomic E-state index is 4.84. The summed E-state index contributed by atoms with van der Waals surface area (Å²) in [6.07, 6.45) is 11.5. The lowest BCUT2D eigenvalue weighted by Gasteiger charge is -2.16. The summed E-state index contributed by atoms with van der Waals surface area (Å²) in [7, 11) is 2.13. The zero-order valence-corrected chi connectivity index (χ0v) is 13.9. The molecular formula is C18H31N3. The molecule has 2 aliphatic carbocycles. The van der Waals surface area contributed by atoms with Gasteiger partial charge in [-0.05, 0) is 56.6 Å². The Bertz CT molecular complexity index is 437. The van der Waals surface area contributed by atoms with E-state index >= 15 is 0 Å². The molecule has 2 fully saturated rings. The highest BCUT2D eigenvalue weighted by Crippen LogP contribution is 2.57. The molecule has 0 radical (unpaired) electrons. The number of likely N-dealkylation sites (N-methyl/N-ethyl adjacent to an activating group) is 1. The van der Waals surface area contributed by atoms with Gasteiger partial charge in [-0.1, -0.05) is 26.7 Å². The molecule has 2 aliphatic rings. The van der Waals surface area contributed by atoms with Crippen molar-refractivity contribution in [1.29, 1.82) is 0 Å². The van der Waals surface area contributed by atoms with Crippen LogP contribution in [-0.2, 0) is 6.42 Å². The summed E-state index contributed by atoms with van der Waals surface area (Å²) in [4.78, 5) is 0. The van der Waals surface area contributed by atoms with Crippen molar-refractivity contribution in [1.82, 2.24) is 15.1 Å². The van der Waals surface area contributed by atoms with Crippen molar-refractivity contribution in [2.45, 2.75) is 70.9 Å². The van der Waals surface area contributed by atoms with E-state index in [-0.39, 0.29) is 0 Å². The second kappa shape index (κ2) is 6.51. The van der Waals surface area contributed by atoms with Gasteiger partial charge in [-0.15, -0.1) is 0 Å². The molecule has 0 bridgehead atoms. The molecule has 1 aromatic rings. The minimum Gasteiger partial charge on any atom is -0.316 e. The van der Waals surface area contributed by atoms with E-state index in [0.29, 0.717) is 12.1 Å². The number of rotatable bonds is 7. The molecule has 3 heteroatoms. The SMILES string of the molecule is CCC(CC)n1ccc(CC(NC)C2C3CCCCC32)n1. The lowest BCUT2D eigenvalue weighted by atomic mass is 10.0. The summed E-state index contributed by atoms with van der Waals surface area (Å²) in [6, 6.07) is 3.42. The summed E-state index contributed by atoms with van der Waals surface area (Å²) >= 11 is 0. The Labute approximate surface area is 129 Å². The van der Waals surface area contributed by atoms with Crippen LogP contribution in [0.2, 0.25) is 0 Å². The Morgan fingerprint density at radius 2 is 1.90 bits per heavy atom. The van der Waals surface area contributed by atoms with Crippen molar-refractivity contribution in [3.63, 3.8) is 0 Å². The highest BCUT2D eigenvalue weighted by molar-refractivity contribution is 5.10. The van der Waals surface area contributed by atoms with Crippen LogP contribution in [0, 0.1) is 17.8 Å². The second-order valence-electron chi connectivity index (χ2n) is 7.05. The van der Waals surface area contributed by atoms with Crippen molar-refractivity contribution < 1.29 is 0 Å². The van der Waals surface area contributed by atoms with E-state index in [1.807, 2.05) is 0 Å². The van der Waals surface area contributed by atoms with Gasteiger partial charge in [0, 0.05) is 18.7 Å². The first kappa shape index (κ1) is 15.1. The van der Waals surface area contributed by atoms with Crippen LogP contribution in [0.15, 0.2) is 12.3 Å². The molecule has 0 aromatic carbocycles. The van der Waals surface area contributed by atoms with Crippen LogP contribution in [0.5, 0.6) is 0 Å². The van der Waals surface area contributed by atoms with Gasteiger partial charge in [-0.3, -0.25) is 4.68 Å². The number of nitrogens with one attached hydrogen (secondary N) is 1. The molecule has 3 rings (SSSR count).